The maximum absolute atomic E-state index is 11.8. The van der Waals surface area contributed by atoms with Gasteiger partial charge < -0.3 is 9.15 Å². The van der Waals surface area contributed by atoms with E-state index < -0.39 is 23.5 Å². The largest absolute Gasteiger partial charge is 0.465 e. The highest BCUT2D eigenvalue weighted by Crippen LogP contribution is 2.15. The number of methoxy groups -OCH3 is 1. The monoisotopic (exact) mass is 307 g/mol. The average molecular weight is 307 g/mol. The maximum atomic E-state index is 11.8. The van der Waals surface area contributed by atoms with Crippen LogP contribution in [0.3, 0.4) is 0 Å². The van der Waals surface area contributed by atoms with Gasteiger partial charge in [-0.2, -0.15) is 0 Å². The number of aromatic nitrogens is 1. The minimum Gasteiger partial charge on any atom is -0.465 e. The molecule has 116 valence electrons. The molecule has 0 aliphatic rings. The molecule has 2 aromatic rings. The van der Waals surface area contributed by atoms with Crippen molar-refractivity contribution >= 4 is 28.9 Å². The van der Waals surface area contributed by atoms with Gasteiger partial charge in [-0.05, 0) is 18.2 Å². The van der Waals surface area contributed by atoms with Gasteiger partial charge in [-0.25, -0.2) is 9.59 Å². The number of hydrogen-bond donors (Lipinski definition) is 2. The first-order valence-corrected chi connectivity index (χ1v) is 6.19. The zero-order chi connectivity index (χ0) is 16.3. The van der Waals surface area contributed by atoms with Gasteiger partial charge in [0.2, 0.25) is 5.91 Å². The number of esters is 1. The van der Waals surface area contributed by atoms with Crippen molar-refractivity contribution < 1.29 is 23.5 Å². The zero-order valence-electron chi connectivity index (χ0n) is 11.8. The molecule has 9 nitrogen and oxygen atoms in total. The summed E-state index contributed by atoms with van der Waals surface area (Å²) in [5.41, 5.74) is 4.97. The Morgan fingerprint density at radius 1 is 1.27 bits per heavy atom. The molecule has 2 rings (SSSR count). The molecule has 0 unspecified atom stereocenters. The smallest absolute Gasteiger partial charge is 0.420 e. The maximum Gasteiger partial charge on any atom is 0.420 e. The summed E-state index contributed by atoms with van der Waals surface area (Å²) in [4.78, 5) is 45.5. The summed E-state index contributed by atoms with van der Waals surface area (Å²) in [5.74, 6) is -2.37. The molecule has 22 heavy (non-hydrogen) atoms. The topological polar surface area (TPSA) is 120 Å². The van der Waals surface area contributed by atoms with Crippen LogP contribution < -0.4 is 16.6 Å². The number of benzene rings is 1. The van der Waals surface area contributed by atoms with Gasteiger partial charge in [-0.1, -0.05) is 0 Å². The molecular weight excluding hydrogens is 294 g/mol. The van der Waals surface area contributed by atoms with Crippen LogP contribution in [-0.2, 0) is 20.9 Å². The minimum absolute atomic E-state index is 0.153. The molecule has 0 aliphatic carbocycles. The van der Waals surface area contributed by atoms with E-state index in [0.29, 0.717) is 5.52 Å². The normalized spacial score (nSPS) is 10.3. The fraction of sp³-hybridized carbons (Fsp3) is 0.231. The van der Waals surface area contributed by atoms with E-state index in [-0.39, 0.29) is 17.7 Å². The number of oxazole rings is 1. The number of hydrogen-bond acceptors (Lipinski definition) is 6. The third-order valence-corrected chi connectivity index (χ3v) is 2.77. The molecule has 2 N–H and O–H groups in total. The van der Waals surface area contributed by atoms with Crippen molar-refractivity contribution in [2.45, 2.75) is 13.5 Å². The molecular formula is C13H13N3O6. The average Bonchev–Trinajstić information content (AvgIpc) is 2.79. The van der Waals surface area contributed by atoms with Crippen molar-refractivity contribution in [1.82, 2.24) is 15.4 Å². The number of nitrogens with zero attached hydrogens (tertiary/aromatic N) is 1. The lowest BCUT2D eigenvalue weighted by atomic mass is 10.2. The van der Waals surface area contributed by atoms with E-state index in [1.54, 1.807) is 0 Å². The highest BCUT2D eigenvalue weighted by atomic mass is 16.5. The Hall–Kier alpha value is -3.10. The quantitative estimate of drug-likeness (QED) is 0.585. The second kappa shape index (κ2) is 6.12. The van der Waals surface area contributed by atoms with Crippen molar-refractivity contribution in [1.29, 1.82) is 0 Å². The van der Waals surface area contributed by atoms with E-state index in [0.717, 1.165) is 4.57 Å². The Labute approximate surface area is 123 Å². The van der Waals surface area contributed by atoms with Crippen molar-refractivity contribution in [2.24, 2.45) is 0 Å². The molecule has 1 heterocycles. The van der Waals surface area contributed by atoms with Crippen LogP contribution in [0.4, 0.5) is 0 Å². The highest BCUT2D eigenvalue weighted by molar-refractivity contribution is 5.93. The van der Waals surface area contributed by atoms with Crippen LogP contribution in [-0.4, -0.2) is 29.5 Å². The summed E-state index contributed by atoms with van der Waals surface area (Å²) in [7, 11) is 1.24. The molecule has 0 aliphatic heterocycles. The molecule has 0 saturated carbocycles. The number of nitrogens with one attached hydrogen (secondary N) is 2. The molecule has 0 fully saturated rings. The van der Waals surface area contributed by atoms with E-state index in [2.05, 4.69) is 15.6 Å². The van der Waals surface area contributed by atoms with E-state index in [1.807, 2.05) is 0 Å². The summed E-state index contributed by atoms with van der Waals surface area (Å²) in [6, 6.07) is 4.27. The zero-order valence-corrected chi connectivity index (χ0v) is 11.8. The predicted molar refractivity (Wildman–Crippen MR) is 73.8 cm³/mol. The van der Waals surface area contributed by atoms with E-state index in [1.165, 1.54) is 32.2 Å². The lowest BCUT2D eigenvalue weighted by Gasteiger charge is -2.05. The number of ether oxygens (including phenoxy) is 1. The van der Waals surface area contributed by atoms with Crippen LogP contribution in [0, 0.1) is 0 Å². The molecule has 1 aromatic carbocycles. The van der Waals surface area contributed by atoms with Crippen molar-refractivity contribution in [3.8, 4) is 0 Å². The minimum atomic E-state index is -0.755. The molecule has 0 spiro atoms. The van der Waals surface area contributed by atoms with Gasteiger partial charge in [-0.15, -0.1) is 0 Å². The van der Waals surface area contributed by atoms with Crippen LogP contribution in [0.1, 0.15) is 17.3 Å². The number of amides is 2. The summed E-state index contributed by atoms with van der Waals surface area (Å²) < 4.78 is 10.6. The van der Waals surface area contributed by atoms with Gasteiger partial charge in [-0.3, -0.25) is 25.0 Å². The van der Waals surface area contributed by atoms with Crippen LogP contribution in [0.25, 0.3) is 11.1 Å². The molecule has 0 radical (unpaired) electrons. The Morgan fingerprint density at radius 2 is 2.00 bits per heavy atom. The number of carbonyl (C=O) groups is 3. The first kappa shape index (κ1) is 15.3. The highest BCUT2D eigenvalue weighted by Gasteiger charge is 2.15. The molecule has 9 heteroatoms. The van der Waals surface area contributed by atoms with E-state index in [4.69, 9.17) is 4.42 Å². The number of fused-ring (bicyclic) bond motifs is 1. The lowest BCUT2D eigenvalue weighted by Crippen LogP contribution is -2.42. The van der Waals surface area contributed by atoms with Crippen molar-refractivity contribution in [3.05, 3.63) is 34.3 Å². The number of carbonyl (C=O) groups excluding carboxylic acids is 3. The first-order valence-electron chi connectivity index (χ1n) is 6.19. The van der Waals surface area contributed by atoms with Crippen LogP contribution in [0.15, 0.2) is 27.4 Å². The van der Waals surface area contributed by atoms with Crippen LogP contribution >= 0.6 is 0 Å². The van der Waals surface area contributed by atoms with Crippen molar-refractivity contribution in [2.75, 3.05) is 7.11 Å². The van der Waals surface area contributed by atoms with Gasteiger partial charge in [0.05, 0.1) is 18.2 Å². The Balaban J connectivity index is 2.29. The number of rotatable bonds is 3. The summed E-state index contributed by atoms with van der Waals surface area (Å²) in [6.45, 7) is 0.887. The fourth-order valence-electron chi connectivity index (χ4n) is 1.80. The Morgan fingerprint density at radius 3 is 2.64 bits per heavy atom. The Bertz CT molecular complexity index is 804. The van der Waals surface area contributed by atoms with E-state index >= 15 is 0 Å². The third kappa shape index (κ3) is 3.14. The van der Waals surface area contributed by atoms with Gasteiger partial charge in [0.25, 0.3) is 5.91 Å². The standard InChI is InChI=1S/C13H13N3O6/c1-7(17)14-15-11(18)6-16-9-4-3-8(12(19)21-2)5-10(9)22-13(16)20/h3-5H,6H2,1-2H3,(H,14,17)(H,15,18). The summed E-state index contributed by atoms with van der Waals surface area (Å²) >= 11 is 0. The van der Waals surface area contributed by atoms with Crippen LogP contribution in [0.5, 0.6) is 0 Å². The summed E-state index contributed by atoms with van der Waals surface area (Å²) in [5, 5.41) is 0. The summed E-state index contributed by atoms with van der Waals surface area (Å²) in [6.07, 6.45) is 0. The molecule has 0 saturated heterocycles. The van der Waals surface area contributed by atoms with Crippen molar-refractivity contribution in [3.63, 3.8) is 0 Å². The van der Waals surface area contributed by atoms with Gasteiger partial charge in [0.15, 0.2) is 5.58 Å². The second-order valence-corrected chi connectivity index (χ2v) is 4.36. The van der Waals surface area contributed by atoms with Gasteiger partial charge >= 0.3 is 11.7 Å². The molecule has 1 aromatic heterocycles. The molecule has 0 atom stereocenters. The second-order valence-electron chi connectivity index (χ2n) is 4.36. The SMILES string of the molecule is COC(=O)c1ccc2c(c1)oc(=O)n2CC(=O)NNC(C)=O. The van der Waals surface area contributed by atoms with Gasteiger partial charge in [0.1, 0.15) is 6.54 Å². The lowest BCUT2D eigenvalue weighted by molar-refractivity contribution is -0.128. The third-order valence-electron chi connectivity index (χ3n) is 2.77. The number of hydrazine groups is 1. The first-order chi connectivity index (χ1) is 10.4. The van der Waals surface area contributed by atoms with Gasteiger partial charge in [0, 0.05) is 6.92 Å². The molecule has 2 amide bonds. The molecule has 0 bridgehead atoms. The van der Waals surface area contributed by atoms with E-state index in [9.17, 15) is 19.2 Å². The fourth-order valence-corrected chi connectivity index (χ4v) is 1.80. The Kier molecular flexibility index (Phi) is 4.25. The predicted octanol–water partition coefficient (Wildman–Crippen LogP) is -0.452. The van der Waals surface area contributed by atoms with Crippen LogP contribution in [0.2, 0.25) is 0 Å².